The maximum atomic E-state index is 12.7. The molecule has 2 aromatic carbocycles. The summed E-state index contributed by atoms with van der Waals surface area (Å²) in [4.78, 5) is 31.1. The zero-order valence-corrected chi connectivity index (χ0v) is 16.1. The van der Waals surface area contributed by atoms with Gasteiger partial charge in [-0.05, 0) is 60.9 Å². The molecule has 1 N–H and O–H groups in total. The lowest BCUT2D eigenvalue weighted by Crippen LogP contribution is -2.28. The molecule has 144 valence electrons. The maximum absolute atomic E-state index is 12.7. The van der Waals surface area contributed by atoms with Gasteiger partial charge in [0.1, 0.15) is 0 Å². The summed E-state index contributed by atoms with van der Waals surface area (Å²) in [6.07, 6.45) is 5.84. The second kappa shape index (κ2) is 8.10. The van der Waals surface area contributed by atoms with Gasteiger partial charge in [0, 0.05) is 35.9 Å². The van der Waals surface area contributed by atoms with Gasteiger partial charge < -0.3 is 10.2 Å². The van der Waals surface area contributed by atoms with Crippen LogP contribution in [0.4, 0.5) is 11.4 Å². The Hall–Kier alpha value is -3.73. The van der Waals surface area contributed by atoms with Gasteiger partial charge in [-0.1, -0.05) is 30.3 Å². The number of hydrogen-bond donors (Lipinski definition) is 1. The summed E-state index contributed by atoms with van der Waals surface area (Å²) in [5.41, 5.74) is 4.84. The standard InChI is InChI=1S/C24H21N3O2/c1-17(14-18-6-3-2-4-7-18)23(28)26-21-9-10-22-19(15-21)11-13-27(22)24(29)20-8-5-12-25-16-20/h2-10,12,14-16H,11,13H2,1H3,(H,26,28)/b17-14+. The monoisotopic (exact) mass is 383 g/mol. The molecule has 0 aliphatic carbocycles. The minimum Gasteiger partial charge on any atom is -0.322 e. The summed E-state index contributed by atoms with van der Waals surface area (Å²) >= 11 is 0. The zero-order valence-electron chi connectivity index (χ0n) is 16.1. The lowest BCUT2D eigenvalue weighted by molar-refractivity contribution is -0.112. The van der Waals surface area contributed by atoms with Crippen LogP contribution in [0.25, 0.3) is 6.08 Å². The highest BCUT2D eigenvalue weighted by molar-refractivity contribution is 6.08. The number of carbonyl (C=O) groups excluding carboxylic acids is 2. The third-order valence-electron chi connectivity index (χ3n) is 4.93. The molecule has 2 heterocycles. The number of fused-ring (bicyclic) bond motifs is 1. The Morgan fingerprint density at radius 3 is 2.66 bits per heavy atom. The summed E-state index contributed by atoms with van der Waals surface area (Å²) in [5.74, 6) is -0.203. The summed E-state index contributed by atoms with van der Waals surface area (Å²) in [6.45, 7) is 2.41. The van der Waals surface area contributed by atoms with Crippen LogP contribution >= 0.6 is 0 Å². The van der Waals surface area contributed by atoms with E-state index < -0.39 is 0 Å². The molecule has 1 aliphatic heterocycles. The molecule has 0 saturated heterocycles. The fourth-order valence-corrected chi connectivity index (χ4v) is 3.43. The molecular weight excluding hydrogens is 362 g/mol. The smallest absolute Gasteiger partial charge is 0.259 e. The van der Waals surface area contributed by atoms with Crippen LogP contribution in [-0.2, 0) is 11.2 Å². The fourth-order valence-electron chi connectivity index (χ4n) is 3.43. The first kappa shape index (κ1) is 18.6. The highest BCUT2D eigenvalue weighted by Gasteiger charge is 2.26. The Balaban J connectivity index is 1.49. The van der Waals surface area contributed by atoms with Gasteiger partial charge in [-0.15, -0.1) is 0 Å². The van der Waals surface area contributed by atoms with Crippen LogP contribution in [0.2, 0.25) is 0 Å². The molecule has 5 heteroatoms. The van der Waals surface area contributed by atoms with E-state index >= 15 is 0 Å². The van der Waals surface area contributed by atoms with Crippen LogP contribution in [0.15, 0.2) is 78.6 Å². The van der Waals surface area contributed by atoms with Crippen molar-refractivity contribution in [1.82, 2.24) is 4.98 Å². The normalized spacial score (nSPS) is 13.1. The second-order valence-electron chi connectivity index (χ2n) is 6.98. The summed E-state index contributed by atoms with van der Waals surface area (Å²) in [5, 5.41) is 2.95. The topological polar surface area (TPSA) is 62.3 Å². The number of aromatic nitrogens is 1. The summed E-state index contributed by atoms with van der Waals surface area (Å²) < 4.78 is 0. The van der Waals surface area contributed by atoms with Crippen LogP contribution in [0.3, 0.4) is 0 Å². The SMILES string of the molecule is C/C(=C\c1ccccc1)C(=O)Nc1ccc2c(c1)CCN2C(=O)c1cccnc1. The number of anilines is 2. The predicted octanol–water partition coefficient (Wildman–Crippen LogP) is 4.33. The number of rotatable bonds is 4. The first-order chi connectivity index (χ1) is 14.1. The number of carbonyl (C=O) groups is 2. The molecular formula is C24H21N3O2. The molecule has 3 aromatic rings. The van der Waals surface area contributed by atoms with Crippen molar-refractivity contribution in [3.05, 3.63) is 95.3 Å². The van der Waals surface area contributed by atoms with Crippen LogP contribution in [0, 0.1) is 0 Å². The predicted molar refractivity (Wildman–Crippen MR) is 115 cm³/mol. The van der Waals surface area contributed by atoms with E-state index in [-0.39, 0.29) is 11.8 Å². The zero-order chi connectivity index (χ0) is 20.2. The Labute approximate surface area is 169 Å². The van der Waals surface area contributed by atoms with E-state index in [9.17, 15) is 9.59 Å². The highest BCUT2D eigenvalue weighted by atomic mass is 16.2. The van der Waals surface area contributed by atoms with Crippen LogP contribution in [-0.4, -0.2) is 23.3 Å². The van der Waals surface area contributed by atoms with E-state index in [4.69, 9.17) is 0 Å². The first-order valence-electron chi connectivity index (χ1n) is 9.51. The number of nitrogens with one attached hydrogen (secondary N) is 1. The second-order valence-corrected chi connectivity index (χ2v) is 6.98. The number of pyridine rings is 1. The molecule has 0 radical (unpaired) electrons. The largest absolute Gasteiger partial charge is 0.322 e. The van der Waals surface area contributed by atoms with Gasteiger partial charge in [-0.3, -0.25) is 14.6 Å². The third kappa shape index (κ3) is 4.09. The molecule has 1 aromatic heterocycles. The summed E-state index contributed by atoms with van der Waals surface area (Å²) in [7, 11) is 0. The molecule has 29 heavy (non-hydrogen) atoms. The third-order valence-corrected chi connectivity index (χ3v) is 4.93. The first-order valence-corrected chi connectivity index (χ1v) is 9.51. The van der Waals surface area contributed by atoms with Gasteiger partial charge in [0.2, 0.25) is 0 Å². The lowest BCUT2D eigenvalue weighted by atomic mass is 10.1. The Morgan fingerprint density at radius 1 is 1.07 bits per heavy atom. The van der Waals surface area contributed by atoms with E-state index in [1.54, 1.807) is 36.4 Å². The van der Waals surface area contributed by atoms with E-state index in [0.29, 0.717) is 17.7 Å². The van der Waals surface area contributed by atoms with Gasteiger partial charge >= 0.3 is 0 Å². The van der Waals surface area contributed by atoms with Crippen molar-refractivity contribution in [3.8, 4) is 0 Å². The van der Waals surface area contributed by atoms with E-state index in [0.717, 1.165) is 28.9 Å². The van der Waals surface area contributed by atoms with Gasteiger partial charge in [0.05, 0.1) is 5.56 Å². The maximum Gasteiger partial charge on any atom is 0.259 e. The van der Waals surface area contributed by atoms with Crippen molar-refractivity contribution >= 4 is 29.3 Å². The van der Waals surface area contributed by atoms with Crippen LogP contribution < -0.4 is 10.2 Å². The van der Waals surface area contributed by atoms with E-state index in [2.05, 4.69) is 10.3 Å². The Bertz CT molecular complexity index is 1080. The minimum atomic E-state index is -0.143. The number of hydrogen-bond acceptors (Lipinski definition) is 3. The van der Waals surface area contributed by atoms with Crippen molar-refractivity contribution in [1.29, 1.82) is 0 Å². The Kier molecular flexibility index (Phi) is 5.20. The fraction of sp³-hybridized carbons (Fsp3) is 0.125. The highest BCUT2D eigenvalue weighted by Crippen LogP contribution is 2.31. The number of amides is 2. The molecule has 0 fully saturated rings. The van der Waals surface area contributed by atoms with Crippen molar-refractivity contribution in [3.63, 3.8) is 0 Å². The number of benzene rings is 2. The van der Waals surface area contributed by atoms with Gasteiger partial charge in [0.25, 0.3) is 11.8 Å². The minimum absolute atomic E-state index is 0.0599. The number of nitrogens with zero attached hydrogens (tertiary/aromatic N) is 2. The average molecular weight is 383 g/mol. The average Bonchev–Trinajstić information content (AvgIpc) is 3.17. The van der Waals surface area contributed by atoms with Crippen molar-refractivity contribution in [2.24, 2.45) is 0 Å². The molecule has 0 saturated carbocycles. The van der Waals surface area contributed by atoms with Crippen molar-refractivity contribution in [2.45, 2.75) is 13.3 Å². The molecule has 0 atom stereocenters. The van der Waals surface area contributed by atoms with E-state index in [1.807, 2.05) is 54.6 Å². The molecule has 0 bridgehead atoms. The van der Waals surface area contributed by atoms with Gasteiger partial charge in [-0.25, -0.2) is 0 Å². The summed E-state index contributed by atoms with van der Waals surface area (Å²) in [6, 6.07) is 18.9. The Morgan fingerprint density at radius 2 is 1.90 bits per heavy atom. The molecule has 4 rings (SSSR count). The van der Waals surface area contributed by atoms with Crippen LogP contribution in [0.1, 0.15) is 28.4 Å². The van der Waals surface area contributed by atoms with Crippen LogP contribution in [0.5, 0.6) is 0 Å². The van der Waals surface area contributed by atoms with E-state index in [1.165, 1.54) is 0 Å². The molecule has 2 amide bonds. The van der Waals surface area contributed by atoms with Gasteiger partial charge in [-0.2, -0.15) is 0 Å². The lowest BCUT2D eigenvalue weighted by Gasteiger charge is -2.17. The molecule has 1 aliphatic rings. The van der Waals surface area contributed by atoms with Crippen molar-refractivity contribution < 1.29 is 9.59 Å². The molecule has 5 nitrogen and oxygen atoms in total. The quantitative estimate of drug-likeness (QED) is 0.682. The molecule has 0 spiro atoms. The van der Waals surface area contributed by atoms with Crippen molar-refractivity contribution in [2.75, 3.05) is 16.8 Å². The molecule has 0 unspecified atom stereocenters. The van der Waals surface area contributed by atoms with Gasteiger partial charge in [0.15, 0.2) is 0 Å².